The van der Waals surface area contributed by atoms with Gasteiger partial charge in [0.25, 0.3) is 0 Å². The first-order valence-corrected chi connectivity index (χ1v) is 6.07. The van der Waals surface area contributed by atoms with E-state index < -0.39 is 10.3 Å². The summed E-state index contributed by atoms with van der Waals surface area (Å²) >= 11 is 1.56. The van der Waals surface area contributed by atoms with Gasteiger partial charge in [-0.15, -0.1) is 11.8 Å². The normalized spacial score (nSPS) is 11.2. The fourth-order valence-electron chi connectivity index (χ4n) is 0.765. The van der Waals surface area contributed by atoms with Crippen LogP contribution < -0.4 is 9.32 Å². The molecule has 0 amide bonds. The van der Waals surface area contributed by atoms with E-state index in [9.17, 15) is 8.42 Å². The number of benzene rings is 1. The Balaban J connectivity index is 2.81. The summed E-state index contributed by atoms with van der Waals surface area (Å²) in [5.41, 5.74) is 0. The molecule has 0 saturated heterocycles. The highest BCUT2D eigenvalue weighted by atomic mass is 32.2. The molecule has 6 heteroatoms. The van der Waals surface area contributed by atoms with E-state index >= 15 is 0 Å². The molecule has 1 aromatic carbocycles. The second-order valence-corrected chi connectivity index (χ2v) is 4.28. The Morgan fingerprint density at radius 1 is 1.31 bits per heavy atom. The highest BCUT2D eigenvalue weighted by Crippen LogP contribution is 2.19. The minimum absolute atomic E-state index is 0.223. The summed E-state index contributed by atoms with van der Waals surface area (Å²) in [6.45, 7) is 0. The number of thioether (sulfide) groups is 1. The minimum atomic E-state index is -3.90. The maximum absolute atomic E-state index is 10.5. The van der Waals surface area contributed by atoms with Gasteiger partial charge in [-0.3, -0.25) is 0 Å². The van der Waals surface area contributed by atoms with Crippen molar-refractivity contribution in [3.8, 4) is 5.75 Å². The first-order chi connectivity index (χ1) is 6.01. The number of nitrogens with two attached hydrogens (primary N) is 1. The fraction of sp³-hybridized carbons (Fsp3) is 0.143. The van der Waals surface area contributed by atoms with Gasteiger partial charge >= 0.3 is 10.3 Å². The number of hydrogen-bond acceptors (Lipinski definition) is 4. The molecule has 0 aliphatic heterocycles. The van der Waals surface area contributed by atoms with Gasteiger partial charge in [-0.2, -0.15) is 13.6 Å². The third kappa shape index (κ3) is 3.67. The van der Waals surface area contributed by atoms with E-state index in [1.54, 1.807) is 36.0 Å². The quantitative estimate of drug-likeness (QED) is 0.770. The summed E-state index contributed by atoms with van der Waals surface area (Å²) in [6, 6.07) is 6.61. The summed E-state index contributed by atoms with van der Waals surface area (Å²) < 4.78 is 25.5. The lowest BCUT2D eigenvalue weighted by Crippen LogP contribution is -2.18. The summed E-state index contributed by atoms with van der Waals surface area (Å²) in [7, 11) is -3.90. The van der Waals surface area contributed by atoms with Crippen LogP contribution in [-0.2, 0) is 10.3 Å². The van der Waals surface area contributed by atoms with E-state index in [0.29, 0.717) is 0 Å². The topological polar surface area (TPSA) is 69.4 Å². The summed E-state index contributed by atoms with van der Waals surface area (Å²) in [4.78, 5) is 1.03. The molecule has 1 aromatic rings. The van der Waals surface area contributed by atoms with Crippen LogP contribution in [0.3, 0.4) is 0 Å². The monoisotopic (exact) mass is 219 g/mol. The maximum atomic E-state index is 10.5. The van der Waals surface area contributed by atoms with Gasteiger partial charge in [-0.1, -0.05) is 0 Å². The molecule has 0 unspecified atom stereocenters. The molecule has 0 heterocycles. The SMILES string of the molecule is CSc1ccc(OS(N)(=O)=O)cc1. The minimum Gasteiger partial charge on any atom is -0.371 e. The fourth-order valence-corrected chi connectivity index (χ4v) is 1.55. The lowest BCUT2D eigenvalue weighted by molar-refractivity contribution is 0.487. The first kappa shape index (κ1) is 10.4. The molecule has 0 radical (unpaired) electrons. The predicted molar refractivity (Wildman–Crippen MR) is 52.0 cm³/mol. The molecule has 0 spiro atoms. The van der Waals surface area contributed by atoms with Crippen LogP contribution in [0.5, 0.6) is 5.75 Å². The Hall–Kier alpha value is -0.720. The van der Waals surface area contributed by atoms with Crippen LogP contribution in [-0.4, -0.2) is 14.7 Å². The van der Waals surface area contributed by atoms with Gasteiger partial charge in [0.15, 0.2) is 0 Å². The van der Waals surface area contributed by atoms with Gasteiger partial charge in [-0.25, -0.2) is 0 Å². The summed E-state index contributed by atoms with van der Waals surface area (Å²) in [6.07, 6.45) is 1.93. The van der Waals surface area contributed by atoms with E-state index in [1.807, 2.05) is 6.26 Å². The molecule has 72 valence electrons. The molecule has 1 rings (SSSR count). The van der Waals surface area contributed by atoms with Gasteiger partial charge in [0.05, 0.1) is 0 Å². The third-order valence-corrected chi connectivity index (χ3v) is 2.44. The Kier molecular flexibility index (Phi) is 3.18. The lowest BCUT2D eigenvalue weighted by atomic mass is 10.3. The van der Waals surface area contributed by atoms with Crippen molar-refractivity contribution in [3.63, 3.8) is 0 Å². The van der Waals surface area contributed by atoms with Crippen LogP contribution in [0.1, 0.15) is 0 Å². The highest BCUT2D eigenvalue weighted by molar-refractivity contribution is 7.98. The third-order valence-electron chi connectivity index (χ3n) is 1.27. The molecule has 0 aromatic heterocycles. The number of rotatable bonds is 3. The first-order valence-electron chi connectivity index (χ1n) is 3.37. The molecular formula is C7H9NO3S2. The van der Waals surface area contributed by atoms with Crippen molar-refractivity contribution < 1.29 is 12.6 Å². The van der Waals surface area contributed by atoms with Gasteiger partial charge in [0.2, 0.25) is 0 Å². The summed E-state index contributed by atoms with van der Waals surface area (Å²) in [5, 5.41) is 4.68. The Morgan fingerprint density at radius 2 is 1.85 bits per heavy atom. The van der Waals surface area contributed by atoms with Crippen molar-refractivity contribution in [1.29, 1.82) is 0 Å². The molecule has 4 nitrogen and oxygen atoms in total. The number of hydrogen-bond donors (Lipinski definition) is 1. The van der Waals surface area contributed by atoms with Gasteiger partial charge in [-0.05, 0) is 30.5 Å². The van der Waals surface area contributed by atoms with Gasteiger partial charge in [0, 0.05) is 4.90 Å². The van der Waals surface area contributed by atoms with Crippen LogP contribution in [0.2, 0.25) is 0 Å². The van der Waals surface area contributed by atoms with E-state index in [0.717, 1.165) is 4.90 Å². The van der Waals surface area contributed by atoms with Crippen LogP contribution >= 0.6 is 11.8 Å². The van der Waals surface area contributed by atoms with Crippen molar-refractivity contribution in [2.24, 2.45) is 5.14 Å². The van der Waals surface area contributed by atoms with E-state index in [-0.39, 0.29) is 5.75 Å². The zero-order valence-electron chi connectivity index (χ0n) is 6.93. The smallest absolute Gasteiger partial charge is 0.371 e. The zero-order valence-corrected chi connectivity index (χ0v) is 8.56. The second kappa shape index (κ2) is 3.99. The van der Waals surface area contributed by atoms with Gasteiger partial charge in [0.1, 0.15) is 5.75 Å². The van der Waals surface area contributed by atoms with E-state index in [2.05, 4.69) is 9.32 Å². The highest BCUT2D eigenvalue weighted by Gasteiger charge is 2.03. The van der Waals surface area contributed by atoms with Crippen LogP contribution in [0.4, 0.5) is 0 Å². The van der Waals surface area contributed by atoms with E-state index in [4.69, 9.17) is 0 Å². The van der Waals surface area contributed by atoms with Crippen molar-refractivity contribution in [1.82, 2.24) is 0 Å². The van der Waals surface area contributed by atoms with Crippen LogP contribution in [0.15, 0.2) is 29.2 Å². The molecule has 0 saturated carbocycles. The molecule has 0 atom stereocenters. The predicted octanol–water partition coefficient (Wildman–Crippen LogP) is 0.991. The standard InChI is InChI=1S/C7H9NO3S2/c1-12-7-4-2-6(3-5-7)11-13(8,9)10/h2-5H,1H3,(H2,8,9,10). The average molecular weight is 219 g/mol. The summed E-state index contributed by atoms with van der Waals surface area (Å²) in [5.74, 6) is 0.223. The van der Waals surface area contributed by atoms with Crippen LogP contribution in [0, 0.1) is 0 Å². The molecule has 0 aliphatic carbocycles. The molecule has 13 heavy (non-hydrogen) atoms. The Bertz CT molecular complexity index is 371. The lowest BCUT2D eigenvalue weighted by Gasteiger charge is -2.02. The second-order valence-electron chi connectivity index (χ2n) is 2.25. The largest absolute Gasteiger partial charge is 0.380 e. The van der Waals surface area contributed by atoms with Crippen molar-refractivity contribution in [2.75, 3.05) is 6.26 Å². The molecule has 0 aliphatic rings. The average Bonchev–Trinajstić information content (AvgIpc) is 2.03. The molecule has 2 N–H and O–H groups in total. The maximum Gasteiger partial charge on any atom is 0.380 e. The van der Waals surface area contributed by atoms with Crippen molar-refractivity contribution in [3.05, 3.63) is 24.3 Å². The van der Waals surface area contributed by atoms with Gasteiger partial charge < -0.3 is 4.18 Å². The van der Waals surface area contributed by atoms with Crippen molar-refractivity contribution in [2.45, 2.75) is 4.90 Å². The van der Waals surface area contributed by atoms with E-state index in [1.165, 1.54) is 0 Å². The Morgan fingerprint density at radius 3 is 2.23 bits per heavy atom. The molecule has 0 bridgehead atoms. The Labute approximate surface area is 81.3 Å². The zero-order chi connectivity index (χ0) is 9.90. The van der Waals surface area contributed by atoms with Crippen molar-refractivity contribution >= 4 is 22.1 Å². The molecule has 0 fully saturated rings. The molecular weight excluding hydrogens is 210 g/mol. The van der Waals surface area contributed by atoms with Crippen LogP contribution in [0.25, 0.3) is 0 Å².